The van der Waals surface area contributed by atoms with Crippen LogP contribution in [0.5, 0.6) is 11.5 Å². The maximum atomic E-state index is 5.48. The third-order valence-corrected chi connectivity index (χ3v) is 6.15. The first-order valence-corrected chi connectivity index (χ1v) is 11.7. The average molecular weight is 473 g/mol. The van der Waals surface area contributed by atoms with Crippen LogP contribution in [-0.2, 0) is 13.1 Å². The summed E-state index contributed by atoms with van der Waals surface area (Å²) in [6.07, 6.45) is 4.23. The summed E-state index contributed by atoms with van der Waals surface area (Å²) in [6, 6.07) is 16.8. The van der Waals surface area contributed by atoms with Gasteiger partial charge in [-0.15, -0.1) is 0 Å². The molecule has 0 saturated heterocycles. The van der Waals surface area contributed by atoms with E-state index in [1.54, 1.807) is 14.2 Å². The van der Waals surface area contributed by atoms with Crippen molar-refractivity contribution in [2.45, 2.75) is 50.9 Å². The fourth-order valence-electron chi connectivity index (χ4n) is 3.71. The summed E-state index contributed by atoms with van der Waals surface area (Å²) in [6.45, 7) is 1.39. The zero-order valence-corrected chi connectivity index (χ0v) is 20.3. The Balaban J connectivity index is 1.30. The van der Waals surface area contributed by atoms with Crippen molar-refractivity contribution in [3.63, 3.8) is 0 Å². The van der Waals surface area contributed by atoms with Gasteiger partial charge in [-0.25, -0.2) is 0 Å². The zero-order valence-electron chi connectivity index (χ0n) is 18.6. The summed E-state index contributed by atoms with van der Waals surface area (Å²) in [5.41, 5.74) is 2.33. The van der Waals surface area contributed by atoms with Crippen LogP contribution in [-0.4, -0.2) is 36.5 Å². The SMILES string of the molecule is COc1ccc(CNC(=S)NC2CCC(NC(=S)NCc3ccc(OC)cc3)CC2)cc1. The minimum absolute atomic E-state index is 0.393. The molecule has 6 nitrogen and oxygen atoms in total. The van der Waals surface area contributed by atoms with Gasteiger partial charge in [-0.3, -0.25) is 0 Å². The number of thiocarbonyl (C=S) groups is 2. The molecule has 1 aliphatic carbocycles. The van der Waals surface area contributed by atoms with E-state index < -0.39 is 0 Å². The second-order valence-corrected chi connectivity index (χ2v) is 8.72. The molecule has 0 radical (unpaired) electrons. The Labute approximate surface area is 201 Å². The highest BCUT2D eigenvalue weighted by atomic mass is 32.1. The molecule has 0 aliphatic heterocycles. The molecular weight excluding hydrogens is 440 g/mol. The van der Waals surface area contributed by atoms with Crippen LogP contribution < -0.4 is 30.7 Å². The maximum Gasteiger partial charge on any atom is 0.166 e. The molecule has 0 heterocycles. The lowest BCUT2D eigenvalue weighted by Gasteiger charge is -2.31. The highest BCUT2D eigenvalue weighted by molar-refractivity contribution is 7.80. The lowest BCUT2D eigenvalue weighted by Crippen LogP contribution is -2.48. The molecule has 3 rings (SSSR count). The molecule has 0 amide bonds. The summed E-state index contributed by atoms with van der Waals surface area (Å²) < 4.78 is 10.4. The number of rotatable bonds is 8. The number of hydrogen-bond acceptors (Lipinski definition) is 4. The van der Waals surface area contributed by atoms with Crippen molar-refractivity contribution >= 4 is 34.7 Å². The fourth-order valence-corrected chi connectivity index (χ4v) is 4.18. The van der Waals surface area contributed by atoms with Crippen LogP contribution in [0.25, 0.3) is 0 Å². The molecule has 2 aromatic carbocycles. The van der Waals surface area contributed by atoms with Gasteiger partial charge in [0.25, 0.3) is 0 Å². The van der Waals surface area contributed by atoms with Crippen molar-refractivity contribution in [2.24, 2.45) is 0 Å². The highest BCUT2D eigenvalue weighted by Crippen LogP contribution is 2.19. The van der Waals surface area contributed by atoms with E-state index in [9.17, 15) is 0 Å². The number of ether oxygens (including phenoxy) is 2. The van der Waals surface area contributed by atoms with Crippen molar-refractivity contribution < 1.29 is 9.47 Å². The number of benzene rings is 2. The van der Waals surface area contributed by atoms with E-state index in [2.05, 4.69) is 21.3 Å². The minimum Gasteiger partial charge on any atom is -0.497 e. The van der Waals surface area contributed by atoms with Crippen LogP contribution in [0.1, 0.15) is 36.8 Å². The number of hydrogen-bond donors (Lipinski definition) is 4. The standard InChI is InChI=1S/C24H32N4O2S2/c1-29-21-11-3-17(4-12-21)15-25-23(31)27-19-7-9-20(10-8-19)28-24(32)26-16-18-5-13-22(30-2)14-6-18/h3-6,11-14,19-20H,7-10,15-16H2,1-2H3,(H2,25,27,31)(H2,26,28,32). The first-order valence-electron chi connectivity index (χ1n) is 10.9. The van der Waals surface area contributed by atoms with Crippen molar-refractivity contribution in [1.29, 1.82) is 0 Å². The van der Waals surface area contributed by atoms with Crippen molar-refractivity contribution in [3.05, 3.63) is 59.7 Å². The van der Waals surface area contributed by atoms with E-state index in [1.807, 2.05) is 48.5 Å². The second-order valence-electron chi connectivity index (χ2n) is 7.90. The molecule has 2 aromatic rings. The normalized spacial score (nSPS) is 17.7. The predicted octanol–water partition coefficient (Wildman–Crippen LogP) is 3.64. The summed E-state index contributed by atoms with van der Waals surface area (Å²) >= 11 is 11.0. The maximum absolute atomic E-state index is 5.48. The number of methoxy groups -OCH3 is 2. The lowest BCUT2D eigenvalue weighted by atomic mass is 9.91. The summed E-state index contributed by atoms with van der Waals surface area (Å²) in [7, 11) is 3.34. The Hall–Kier alpha value is -2.58. The fraction of sp³-hybridized carbons (Fsp3) is 0.417. The smallest absolute Gasteiger partial charge is 0.166 e. The lowest BCUT2D eigenvalue weighted by molar-refractivity contribution is 0.353. The third kappa shape index (κ3) is 7.84. The van der Waals surface area contributed by atoms with Gasteiger partial charge in [0.15, 0.2) is 10.2 Å². The van der Waals surface area contributed by atoms with E-state index in [0.717, 1.165) is 37.2 Å². The Morgan fingerprint density at radius 3 is 1.34 bits per heavy atom. The van der Waals surface area contributed by atoms with Crippen LogP contribution >= 0.6 is 24.4 Å². The molecule has 1 fully saturated rings. The van der Waals surface area contributed by atoms with Crippen LogP contribution in [0.2, 0.25) is 0 Å². The largest absolute Gasteiger partial charge is 0.497 e. The third-order valence-electron chi connectivity index (χ3n) is 5.62. The van der Waals surface area contributed by atoms with E-state index in [1.165, 1.54) is 11.1 Å². The first-order chi connectivity index (χ1) is 15.6. The zero-order chi connectivity index (χ0) is 22.8. The van der Waals surface area contributed by atoms with Gasteiger partial charge in [-0.05, 0) is 85.5 Å². The van der Waals surface area contributed by atoms with Crippen molar-refractivity contribution in [1.82, 2.24) is 21.3 Å². The van der Waals surface area contributed by atoms with Crippen LogP contribution in [0.15, 0.2) is 48.5 Å². The van der Waals surface area contributed by atoms with Crippen molar-refractivity contribution in [2.75, 3.05) is 14.2 Å². The van der Waals surface area contributed by atoms with Gasteiger partial charge in [0.2, 0.25) is 0 Å². The Bertz CT molecular complexity index is 793. The molecular formula is C24H32N4O2S2. The monoisotopic (exact) mass is 472 g/mol. The Kier molecular flexibility index (Phi) is 9.37. The molecule has 0 unspecified atom stereocenters. The average Bonchev–Trinajstić information content (AvgIpc) is 2.83. The molecule has 0 atom stereocenters. The van der Waals surface area contributed by atoms with Gasteiger partial charge in [0, 0.05) is 25.2 Å². The van der Waals surface area contributed by atoms with Gasteiger partial charge in [0.05, 0.1) is 14.2 Å². The highest BCUT2D eigenvalue weighted by Gasteiger charge is 2.22. The van der Waals surface area contributed by atoms with E-state index in [4.69, 9.17) is 33.9 Å². The second kappa shape index (κ2) is 12.5. The first kappa shape index (κ1) is 24.1. The van der Waals surface area contributed by atoms with Gasteiger partial charge < -0.3 is 30.7 Å². The molecule has 0 spiro atoms. The summed E-state index contributed by atoms with van der Waals surface area (Å²) in [5, 5.41) is 14.9. The summed E-state index contributed by atoms with van der Waals surface area (Å²) in [4.78, 5) is 0. The van der Waals surface area contributed by atoms with Crippen LogP contribution in [0.3, 0.4) is 0 Å². The Morgan fingerprint density at radius 2 is 1.03 bits per heavy atom. The Morgan fingerprint density at radius 1 is 0.688 bits per heavy atom. The van der Waals surface area contributed by atoms with E-state index in [0.29, 0.717) is 35.4 Å². The molecule has 0 bridgehead atoms. The van der Waals surface area contributed by atoms with Crippen molar-refractivity contribution in [3.8, 4) is 11.5 Å². The minimum atomic E-state index is 0.393. The molecule has 1 saturated carbocycles. The molecule has 172 valence electrons. The van der Waals surface area contributed by atoms with Gasteiger partial charge in [-0.1, -0.05) is 24.3 Å². The predicted molar refractivity (Wildman–Crippen MR) is 137 cm³/mol. The van der Waals surface area contributed by atoms with Crippen LogP contribution in [0, 0.1) is 0 Å². The van der Waals surface area contributed by atoms with E-state index in [-0.39, 0.29) is 0 Å². The molecule has 4 N–H and O–H groups in total. The molecule has 1 aliphatic rings. The van der Waals surface area contributed by atoms with Crippen LogP contribution in [0.4, 0.5) is 0 Å². The van der Waals surface area contributed by atoms with Gasteiger partial charge >= 0.3 is 0 Å². The van der Waals surface area contributed by atoms with Gasteiger partial charge in [0.1, 0.15) is 11.5 Å². The molecule has 0 aromatic heterocycles. The van der Waals surface area contributed by atoms with Gasteiger partial charge in [-0.2, -0.15) is 0 Å². The summed E-state index contributed by atoms with van der Waals surface area (Å²) in [5.74, 6) is 1.71. The topological polar surface area (TPSA) is 66.6 Å². The molecule has 32 heavy (non-hydrogen) atoms. The van der Waals surface area contributed by atoms with E-state index >= 15 is 0 Å². The number of nitrogens with one attached hydrogen (secondary N) is 4. The quantitative estimate of drug-likeness (QED) is 0.434. The molecule has 8 heteroatoms.